The number of carbonyl (C=O) groups is 3. The molecular weight excluding hydrogens is 402 g/mol. The molecule has 158 valence electrons. The van der Waals surface area contributed by atoms with E-state index < -0.39 is 11.9 Å². The lowest BCUT2D eigenvalue weighted by Gasteiger charge is -2.11. The molecule has 0 unspecified atom stereocenters. The second-order valence-corrected chi connectivity index (χ2v) is 7.04. The van der Waals surface area contributed by atoms with Crippen molar-refractivity contribution in [1.82, 2.24) is 16.2 Å². The van der Waals surface area contributed by atoms with Crippen molar-refractivity contribution in [2.45, 2.75) is 32.6 Å². The summed E-state index contributed by atoms with van der Waals surface area (Å²) in [6, 6.07) is 17.0. The van der Waals surface area contributed by atoms with E-state index in [4.69, 9.17) is 17.0 Å². The molecule has 0 fully saturated rings. The highest BCUT2D eigenvalue weighted by Crippen LogP contribution is 2.04. The number of benzene rings is 2. The van der Waals surface area contributed by atoms with Gasteiger partial charge in [-0.2, -0.15) is 0 Å². The van der Waals surface area contributed by atoms with Crippen LogP contribution in [0.4, 0.5) is 0 Å². The first-order valence-electron chi connectivity index (χ1n) is 9.60. The third kappa shape index (κ3) is 8.83. The number of esters is 1. The summed E-state index contributed by atoms with van der Waals surface area (Å²) in [6.07, 6.45) is 1.43. The third-order valence-corrected chi connectivity index (χ3v) is 4.30. The average molecular weight is 428 g/mol. The molecule has 3 N–H and O–H groups in total. The lowest BCUT2D eigenvalue weighted by Crippen LogP contribution is -2.48. The van der Waals surface area contributed by atoms with Gasteiger partial charge < -0.3 is 10.1 Å². The van der Waals surface area contributed by atoms with Gasteiger partial charge in [-0.05, 0) is 49.7 Å². The molecule has 0 aliphatic carbocycles. The highest BCUT2D eigenvalue weighted by atomic mass is 32.1. The Labute approximate surface area is 181 Å². The molecule has 0 atom stereocenters. The van der Waals surface area contributed by atoms with Crippen molar-refractivity contribution in [2.75, 3.05) is 6.61 Å². The summed E-state index contributed by atoms with van der Waals surface area (Å²) < 4.78 is 5.13. The zero-order valence-corrected chi connectivity index (χ0v) is 17.6. The Morgan fingerprint density at radius 3 is 2.47 bits per heavy atom. The number of nitrogens with one attached hydrogen (secondary N) is 3. The van der Waals surface area contributed by atoms with Crippen LogP contribution in [0.25, 0.3) is 0 Å². The molecule has 0 saturated heterocycles. The van der Waals surface area contributed by atoms with E-state index in [2.05, 4.69) is 16.2 Å². The van der Waals surface area contributed by atoms with Gasteiger partial charge in [-0.3, -0.25) is 25.2 Å². The standard InChI is InChI=1S/C22H25N3O4S/c1-16-7-5-11-18(15-16)21(28)24-25-22(30)23-19(26)12-13-20(27)29-14-6-10-17-8-3-2-4-9-17/h2-5,7-9,11,15H,6,10,12-14H2,1H3,(H,24,28)(H2,23,25,26,30). The molecule has 2 aromatic carbocycles. The van der Waals surface area contributed by atoms with Gasteiger partial charge in [0.05, 0.1) is 13.0 Å². The summed E-state index contributed by atoms with van der Waals surface area (Å²) in [5.41, 5.74) is 7.47. The van der Waals surface area contributed by atoms with E-state index in [1.54, 1.807) is 18.2 Å². The molecule has 0 radical (unpaired) electrons. The van der Waals surface area contributed by atoms with E-state index in [1.807, 2.05) is 43.3 Å². The monoisotopic (exact) mass is 427 g/mol. The summed E-state index contributed by atoms with van der Waals surface area (Å²) in [6.45, 7) is 2.18. The maximum atomic E-state index is 12.0. The predicted octanol–water partition coefficient (Wildman–Crippen LogP) is 2.59. The SMILES string of the molecule is Cc1cccc(C(=O)NNC(=S)NC(=O)CCC(=O)OCCCc2ccccc2)c1. The van der Waals surface area contributed by atoms with Gasteiger partial charge in [0.15, 0.2) is 5.11 Å². The Morgan fingerprint density at radius 2 is 1.73 bits per heavy atom. The maximum absolute atomic E-state index is 12.0. The first-order valence-corrected chi connectivity index (χ1v) is 10.0. The second kappa shape index (κ2) is 12.3. The Morgan fingerprint density at radius 1 is 0.967 bits per heavy atom. The molecule has 0 spiro atoms. The molecule has 2 amide bonds. The van der Waals surface area contributed by atoms with Crippen LogP contribution < -0.4 is 16.2 Å². The summed E-state index contributed by atoms with van der Waals surface area (Å²) >= 11 is 4.96. The van der Waals surface area contributed by atoms with Crippen molar-refractivity contribution in [3.8, 4) is 0 Å². The molecular formula is C22H25N3O4S. The zero-order valence-electron chi connectivity index (χ0n) is 16.8. The quantitative estimate of drug-likeness (QED) is 0.259. The molecule has 0 heterocycles. The largest absolute Gasteiger partial charge is 0.466 e. The second-order valence-electron chi connectivity index (χ2n) is 6.64. The van der Waals surface area contributed by atoms with Crippen LogP contribution in [0.5, 0.6) is 0 Å². The van der Waals surface area contributed by atoms with Crippen LogP contribution in [-0.2, 0) is 20.7 Å². The molecule has 0 saturated carbocycles. The number of hydrazine groups is 1. The van der Waals surface area contributed by atoms with Crippen molar-refractivity contribution in [2.24, 2.45) is 0 Å². The smallest absolute Gasteiger partial charge is 0.306 e. The summed E-state index contributed by atoms with van der Waals surface area (Å²) in [5.74, 6) is -1.27. The van der Waals surface area contributed by atoms with Crippen molar-refractivity contribution < 1.29 is 19.1 Å². The number of hydrogen-bond donors (Lipinski definition) is 3. The van der Waals surface area contributed by atoms with Crippen LogP contribution in [0, 0.1) is 6.92 Å². The molecule has 7 nitrogen and oxygen atoms in total. The Balaban J connectivity index is 1.57. The van der Waals surface area contributed by atoms with E-state index in [-0.39, 0.29) is 23.9 Å². The first kappa shape index (κ1) is 23.0. The minimum absolute atomic E-state index is 0.0462. The lowest BCUT2D eigenvalue weighted by molar-refractivity contribution is -0.145. The summed E-state index contributed by atoms with van der Waals surface area (Å²) in [5, 5.41) is 2.34. The molecule has 30 heavy (non-hydrogen) atoms. The minimum Gasteiger partial charge on any atom is -0.466 e. The molecule has 2 rings (SSSR count). The third-order valence-electron chi connectivity index (χ3n) is 4.09. The predicted molar refractivity (Wildman–Crippen MR) is 117 cm³/mol. The number of aryl methyl sites for hydroxylation is 2. The number of carbonyl (C=O) groups excluding carboxylic acids is 3. The molecule has 0 aromatic heterocycles. The molecule has 0 aliphatic rings. The Kier molecular flexibility index (Phi) is 9.47. The molecule has 0 bridgehead atoms. The first-order chi connectivity index (χ1) is 14.4. The fraction of sp³-hybridized carbons (Fsp3) is 0.273. The molecule has 2 aromatic rings. The number of amides is 2. The fourth-order valence-electron chi connectivity index (χ4n) is 2.59. The van der Waals surface area contributed by atoms with E-state index >= 15 is 0 Å². The summed E-state index contributed by atoms with van der Waals surface area (Å²) in [7, 11) is 0. The van der Waals surface area contributed by atoms with Crippen LogP contribution in [0.15, 0.2) is 54.6 Å². The Bertz CT molecular complexity index is 887. The van der Waals surface area contributed by atoms with Crippen LogP contribution >= 0.6 is 12.2 Å². The van der Waals surface area contributed by atoms with E-state index in [0.29, 0.717) is 12.2 Å². The number of ether oxygens (including phenoxy) is 1. The Hall–Kier alpha value is -3.26. The van der Waals surface area contributed by atoms with Gasteiger partial charge in [0, 0.05) is 12.0 Å². The molecule has 0 aliphatic heterocycles. The van der Waals surface area contributed by atoms with E-state index in [9.17, 15) is 14.4 Å². The van der Waals surface area contributed by atoms with Gasteiger partial charge in [-0.25, -0.2) is 0 Å². The van der Waals surface area contributed by atoms with Gasteiger partial charge >= 0.3 is 5.97 Å². The highest BCUT2D eigenvalue weighted by Gasteiger charge is 2.11. The normalized spacial score (nSPS) is 10.0. The highest BCUT2D eigenvalue weighted by molar-refractivity contribution is 7.80. The minimum atomic E-state index is -0.446. The van der Waals surface area contributed by atoms with Crippen LogP contribution in [0.1, 0.15) is 40.7 Å². The zero-order chi connectivity index (χ0) is 21.8. The lowest BCUT2D eigenvalue weighted by atomic mass is 10.1. The van der Waals surface area contributed by atoms with Gasteiger partial charge in [0.2, 0.25) is 5.91 Å². The van der Waals surface area contributed by atoms with Crippen molar-refractivity contribution in [1.29, 1.82) is 0 Å². The topological polar surface area (TPSA) is 96.5 Å². The fourth-order valence-corrected chi connectivity index (χ4v) is 2.75. The number of thiocarbonyl (C=S) groups is 1. The van der Waals surface area contributed by atoms with Gasteiger partial charge in [-0.1, -0.05) is 48.0 Å². The van der Waals surface area contributed by atoms with E-state index in [0.717, 1.165) is 18.4 Å². The van der Waals surface area contributed by atoms with Crippen LogP contribution in [0.3, 0.4) is 0 Å². The van der Waals surface area contributed by atoms with Crippen LogP contribution in [0.2, 0.25) is 0 Å². The van der Waals surface area contributed by atoms with Crippen molar-refractivity contribution in [3.05, 3.63) is 71.3 Å². The van der Waals surface area contributed by atoms with Gasteiger partial charge in [0.1, 0.15) is 0 Å². The van der Waals surface area contributed by atoms with E-state index in [1.165, 1.54) is 5.56 Å². The number of hydrogen-bond acceptors (Lipinski definition) is 5. The summed E-state index contributed by atoms with van der Waals surface area (Å²) in [4.78, 5) is 35.6. The maximum Gasteiger partial charge on any atom is 0.306 e. The number of rotatable bonds is 8. The van der Waals surface area contributed by atoms with Crippen molar-refractivity contribution in [3.63, 3.8) is 0 Å². The van der Waals surface area contributed by atoms with Gasteiger partial charge in [-0.15, -0.1) is 0 Å². The van der Waals surface area contributed by atoms with Gasteiger partial charge in [0.25, 0.3) is 5.91 Å². The molecule has 8 heteroatoms. The van der Waals surface area contributed by atoms with Crippen LogP contribution in [-0.4, -0.2) is 29.5 Å². The average Bonchev–Trinajstić information content (AvgIpc) is 2.74. The van der Waals surface area contributed by atoms with Crippen molar-refractivity contribution >= 4 is 35.1 Å².